The molecule has 9 heteroatoms. The molecule has 1 aromatic heterocycles. The van der Waals surface area contributed by atoms with Gasteiger partial charge in [-0.3, -0.25) is 4.68 Å². The van der Waals surface area contributed by atoms with Gasteiger partial charge in [-0.25, -0.2) is 8.42 Å². The summed E-state index contributed by atoms with van der Waals surface area (Å²) in [7, 11) is -0.856. The van der Waals surface area contributed by atoms with Crippen LogP contribution in [0.25, 0.3) is 0 Å². The number of sulfonamides is 1. The van der Waals surface area contributed by atoms with Crippen molar-refractivity contribution in [3.63, 3.8) is 0 Å². The van der Waals surface area contributed by atoms with Crippen molar-refractivity contribution in [1.29, 1.82) is 0 Å². The number of hydrogen-bond donors (Lipinski definition) is 1. The number of aryl methyl sites for hydroxylation is 1. The van der Waals surface area contributed by atoms with E-state index in [0.29, 0.717) is 6.54 Å². The molecule has 0 aliphatic carbocycles. The zero-order valence-corrected chi connectivity index (χ0v) is 13.2. The molecule has 1 N–H and O–H groups in total. The second-order valence-corrected chi connectivity index (χ2v) is 6.92. The summed E-state index contributed by atoms with van der Waals surface area (Å²) in [6.45, 7) is 2.82. The number of nitrogens with zero attached hydrogens (tertiary/aromatic N) is 3. The summed E-state index contributed by atoms with van der Waals surface area (Å²) in [6.07, 6.45) is 1.29. The number of aliphatic hydroxyl groups is 1. The highest BCUT2D eigenvalue weighted by molar-refractivity contribution is 7.89. The molecule has 1 saturated heterocycles. The van der Waals surface area contributed by atoms with Crippen molar-refractivity contribution >= 4 is 10.0 Å². The van der Waals surface area contributed by atoms with Crippen molar-refractivity contribution in [3.8, 4) is 0 Å². The lowest BCUT2D eigenvalue weighted by atomic mass is 10.0. The topological polar surface area (TPSA) is 93.9 Å². The van der Waals surface area contributed by atoms with Gasteiger partial charge in [0.1, 0.15) is 17.1 Å². The monoisotopic (exact) mass is 319 g/mol. The summed E-state index contributed by atoms with van der Waals surface area (Å²) in [6, 6.07) is -0.696. The lowest BCUT2D eigenvalue weighted by Gasteiger charge is -2.37. The fourth-order valence-electron chi connectivity index (χ4n) is 2.27. The van der Waals surface area contributed by atoms with Crippen molar-refractivity contribution in [3.05, 3.63) is 12.4 Å². The minimum absolute atomic E-state index is 0.0959. The number of methoxy groups -OCH3 is 1. The SMILES string of the molecule is CCn1cc(S(=O)(=O)N(C)[C@@H]2COC[C@@H](OC)[C@H]2O)cn1. The molecular formula is C12H21N3O5S. The third kappa shape index (κ3) is 3.11. The molecule has 2 rings (SSSR count). The average molecular weight is 319 g/mol. The molecule has 0 spiro atoms. The Morgan fingerprint density at radius 1 is 1.57 bits per heavy atom. The normalized spacial score (nSPS) is 27.2. The molecule has 0 unspecified atom stereocenters. The summed E-state index contributed by atoms with van der Waals surface area (Å²) >= 11 is 0. The molecule has 21 heavy (non-hydrogen) atoms. The van der Waals surface area contributed by atoms with Crippen LogP contribution in [0.2, 0.25) is 0 Å². The number of rotatable bonds is 5. The lowest BCUT2D eigenvalue weighted by Crippen LogP contribution is -2.56. The Morgan fingerprint density at radius 2 is 2.29 bits per heavy atom. The Kier molecular flexibility index (Phi) is 4.99. The van der Waals surface area contributed by atoms with E-state index in [2.05, 4.69) is 5.10 Å². The van der Waals surface area contributed by atoms with Crippen LogP contribution in [0, 0.1) is 0 Å². The smallest absolute Gasteiger partial charge is 0.246 e. The van der Waals surface area contributed by atoms with Crippen LogP contribution in [0.3, 0.4) is 0 Å². The molecule has 3 atom stereocenters. The number of ether oxygens (including phenoxy) is 2. The Balaban J connectivity index is 2.23. The molecule has 8 nitrogen and oxygen atoms in total. The van der Waals surface area contributed by atoms with E-state index < -0.39 is 28.3 Å². The van der Waals surface area contributed by atoms with Crippen molar-refractivity contribution in [2.24, 2.45) is 0 Å². The minimum atomic E-state index is -3.74. The van der Waals surface area contributed by atoms with Gasteiger partial charge in [-0.1, -0.05) is 0 Å². The molecule has 120 valence electrons. The van der Waals surface area contributed by atoms with Gasteiger partial charge in [0.2, 0.25) is 10.0 Å². The first-order valence-corrected chi connectivity index (χ1v) is 8.15. The van der Waals surface area contributed by atoms with Gasteiger partial charge in [-0.2, -0.15) is 9.40 Å². The van der Waals surface area contributed by atoms with Crippen molar-refractivity contribution in [1.82, 2.24) is 14.1 Å². The van der Waals surface area contributed by atoms with Gasteiger partial charge in [0.15, 0.2) is 0 Å². The maximum absolute atomic E-state index is 12.6. The van der Waals surface area contributed by atoms with E-state index in [9.17, 15) is 13.5 Å². The first-order valence-electron chi connectivity index (χ1n) is 6.71. The van der Waals surface area contributed by atoms with Gasteiger partial charge in [-0.05, 0) is 6.92 Å². The molecule has 0 saturated carbocycles. The Bertz CT molecular complexity index is 573. The second-order valence-electron chi connectivity index (χ2n) is 4.92. The van der Waals surface area contributed by atoms with Crippen LogP contribution >= 0.6 is 0 Å². The Hall–Kier alpha value is -1.00. The molecule has 0 aromatic carbocycles. The molecule has 0 radical (unpaired) electrons. The molecule has 1 aliphatic heterocycles. The van der Waals surface area contributed by atoms with E-state index in [4.69, 9.17) is 9.47 Å². The fourth-order valence-corrected chi connectivity index (χ4v) is 3.58. The summed E-state index contributed by atoms with van der Waals surface area (Å²) in [5, 5.41) is 14.2. The number of aromatic nitrogens is 2. The second kappa shape index (κ2) is 6.41. The number of likely N-dealkylation sites (N-methyl/N-ethyl adjacent to an activating group) is 1. The van der Waals surface area contributed by atoms with E-state index in [1.54, 1.807) is 0 Å². The fraction of sp³-hybridized carbons (Fsp3) is 0.750. The molecule has 1 aliphatic rings. The standard InChI is InChI=1S/C12H21N3O5S/c1-4-15-6-9(5-13-15)21(17,18)14(2)10-7-20-8-11(19-3)12(10)16/h5-6,10-12,16H,4,7-8H2,1-3H3/t10-,11-,12+/m1/s1. The highest BCUT2D eigenvalue weighted by Gasteiger charge is 2.40. The predicted molar refractivity (Wildman–Crippen MR) is 74.3 cm³/mol. The molecule has 1 aromatic rings. The van der Waals surface area contributed by atoms with E-state index >= 15 is 0 Å². The maximum atomic E-state index is 12.6. The van der Waals surface area contributed by atoms with Crippen LogP contribution in [0.15, 0.2) is 17.3 Å². The third-order valence-electron chi connectivity index (χ3n) is 3.73. The van der Waals surface area contributed by atoms with Crippen LogP contribution in [0.4, 0.5) is 0 Å². The summed E-state index contributed by atoms with van der Waals surface area (Å²) in [5.41, 5.74) is 0. The van der Waals surface area contributed by atoms with E-state index in [-0.39, 0.29) is 18.1 Å². The number of hydrogen-bond acceptors (Lipinski definition) is 6. The van der Waals surface area contributed by atoms with Crippen LogP contribution in [-0.4, -0.2) is 73.2 Å². The molecule has 1 fully saturated rings. The molecule has 0 bridgehead atoms. The lowest BCUT2D eigenvalue weighted by molar-refractivity contribution is -0.130. The van der Waals surface area contributed by atoms with E-state index in [0.717, 1.165) is 4.31 Å². The molecular weight excluding hydrogens is 298 g/mol. The highest BCUT2D eigenvalue weighted by Crippen LogP contribution is 2.22. The van der Waals surface area contributed by atoms with Gasteiger partial charge >= 0.3 is 0 Å². The molecule has 0 amide bonds. The van der Waals surface area contributed by atoms with Crippen LogP contribution in [-0.2, 0) is 26.0 Å². The molecule has 2 heterocycles. The van der Waals surface area contributed by atoms with Gasteiger partial charge < -0.3 is 14.6 Å². The predicted octanol–water partition coefficient (Wildman–Crippen LogP) is -0.702. The Morgan fingerprint density at radius 3 is 2.86 bits per heavy atom. The van der Waals surface area contributed by atoms with E-state index in [1.807, 2.05) is 6.92 Å². The van der Waals surface area contributed by atoms with Gasteiger partial charge in [-0.15, -0.1) is 0 Å². The first kappa shape index (κ1) is 16.4. The van der Waals surface area contributed by atoms with Crippen LogP contribution < -0.4 is 0 Å². The summed E-state index contributed by atoms with van der Waals surface area (Å²) < 4.78 is 38.2. The van der Waals surface area contributed by atoms with Crippen LogP contribution in [0.5, 0.6) is 0 Å². The van der Waals surface area contributed by atoms with Gasteiger partial charge in [0.05, 0.1) is 25.5 Å². The van der Waals surface area contributed by atoms with Gasteiger partial charge in [0, 0.05) is 26.9 Å². The van der Waals surface area contributed by atoms with Crippen LogP contribution in [0.1, 0.15) is 6.92 Å². The minimum Gasteiger partial charge on any atom is -0.389 e. The van der Waals surface area contributed by atoms with Gasteiger partial charge in [0.25, 0.3) is 0 Å². The quantitative estimate of drug-likeness (QED) is 0.771. The first-order chi connectivity index (χ1) is 9.91. The van der Waals surface area contributed by atoms with Crippen molar-refractivity contribution < 1.29 is 23.0 Å². The zero-order valence-electron chi connectivity index (χ0n) is 12.3. The summed E-state index contributed by atoms with van der Waals surface area (Å²) in [4.78, 5) is 0.0959. The average Bonchev–Trinajstić information content (AvgIpc) is 2.96. The Labute approximate surface area is 124 Å². The van der Waals surface area contributed by atoms with Crippen molar-refractivity contribution in [2.45, 2.75) is 36.6 Å². The van der Waals surface area contributed by atoms with Crippen molar-refractivity contribution in [2.75, 3.05) is 27.4 Å². The zero-order chi connectivity index (χ0) is 15.6. The van der Waals surface area contributed by atoms with E-state index in [1.165, 1.54) is 31.2 Å². The largest absolute Gasteiger partial charge is 0.389 e. The maximum Gasteiger partial charge on any atom is 0.246 e. The number of aliphatic hydroxyl groups excluding tert-OH is 1. The third-order valence-corrected chi connectivity index (χ3v) is 5.56. The highest BCUT2D eigenvalue weighted by atomic mass is 32.2. The summed E-state index contributed by atoms with van der Waals surface area (Å²) in [5.74, 6) is 0.